The zero-order valence-electron chi connectivity index (χ0n) is 17.8. The first-order valence-corrected chi connectivity index (χ1v) is 10.7. The van der Waals surface area contributed by atoms with Gasteiger partial charge in [-0.15, -0.1) is 0 Å². The lowest BCUT2D eigenvalue weighted by Gasteiger charge is -2.35. The van der Waals surface area contributed by atoms with E-state index in [1.165, 1.54) is 18.2 Å². The highest BCUT2D eigenvalue weighted by Crippen LogP contribution is 2.48. The second-order valence-electron chi connectivity index (χ2n) is 8.75. The fourth-order valence-electron chi connectivity index (χ4n) is 4.41. The molecule has 8 atom stereocenters. The summed E-state index contributed by atoms with van der Waals surface area (Å²) in [7, 11) is 0. The summed E-state index contributed by atoms with van der Waals surface area (Å²) >= 11 is 0. The first-order valence-electron chi connectivity index (χ1n) is 10.7. The summed E-state index contributed by atoms with van der Waals surface area (Å²) in [5.74, 6) is -2.50. The fraction of sp³-hybridized carbons (Fsp3) is 0.773. The van der Waals surface area contributed by atoms with Crippen molar-refractivity contribution in [3.05, 3.63) is 24.3 Å². The molecule has 3 N–H and O–H groups in total. The number of halogens is 4. The SMILES string of the molecule is CCCCC(C)([C@H](O)/C=C/[C@@H]1[C@H]2C(F)C(/C=C/CCC(=O)O)O[C@H]2C[C@H]1O)C(F)(F)F. The summed E-state index contributed by atoms with van der Waals surface area (Å²) in [6.45, 7) is 2.74. The van der Waals surface area contributed by atoms with E-state index in [-0.39, 0.29) is 25.7 Å². The Labute approximate surface area is 179 Å². The number of aliphatic carboxylic acids is 1. The van der Waals surface area contributed by atoms with E-state index in [1.54, 1.807) is 6.92 Å². The van der Waals surface area contributed by atoms with Crippen LogP contribution in [0.5, 0.6) is 0 Å². The van der Waals surface area contributed by atoms with Crippen LogP contribution in [0.15, 0.2) is 24.3 Å². The molecule has 0 aromatic heterocycles. The molecular formula is C22H32F4O5. The van der Waals surface area contributed by atoms with Crippen molar-refractivity contribution in [1.29, 1.82) is 0 Å². The first-order chi connectivity index (χ1) is 14.4. The Hall–Kier alpha value is -1.45. The molecule has 1 heterocycles. The minimum absolute atomic E-state index is 0.0923. The molecule has 2 fully saturated rings. The summed E-state index contributed by atoms with van der Waals surface area (Å²) in [5, 5.41) is 29.3. The molecule has 3 unspecified atom stereocenters. The third-order valence-electron chi connectivity index (χ3n) is 6.52. The van der Waals surface area contributed by atoms with Crippen molar-refractivity contribution >= 4 is 5.97 Å². The Bertz CT molecular complexity index is 665. The van der Waals surface area contributed by atoms with E-state index in [2.05, 4.69) is 0 Å². The summed E-state index contributed by atoms with van der Waals surface area (Å²) in [4.78, 5) is 10.6. The van der Waals surface area contributed by atoms with Gasteiger partial charge >= 0.3 is 12.1 Å². The smallest absolute Gasteiger partial charge is 0.397 e. The van der Waals surface area contributed by atoms with E-state index in [9.17, 15) is 32.6 Å². The Morgan fingerprint density at radius 2 is 1.97 bits per heavy atom. The molecule has 5 nitrogen and oxygen atoms in total. The maximum Gasteiger partial charge on any atom is 0.397 e. The highest BCUT2D eigenvalue weighted by atomic mass is 19.4. The maximum atomic E-state index is 15.0. The van der Waals surface area contributed by atoms with Gasteiger partial charge in [-0.3, -0.25) is 4.79 Å². The number of unbranched alkanes of at least 4 members (excludes halogenated alkanes) is 1. The molecule has 0 spiro atoms. The molecule has 9 heteroatoms. The van der Waals surface area contributed by atoms with Crippen molar-refractivity contribution < 1.29 is 42.4 Å². The summed E-state index contributed by atoms with van der Waals surface area (Å²) < 4.78 is 61.5. The third-order valence-corrected chi connectivity index (χ3v) is 6.52. The van der Waals surface area contributed by atoms with Crippen LogP contribution in [0.3, 0.4) is 0 Å². The molecule has 2 rings (SSSR count). The predicted octanol–water partition coefficient (Wildman–Crippen LogP) is 4.19. The van der Waals surface area contributed by atoms with Gasteiger partial charge in [0.05, 0.1) is 23.7 Å². The Morgan fingerprint density at radius 1 is 1.29 bits per heavy atom. The maximum absolute atomic E-state index is 15.0. The topological polar surface area (TPSA) is 87.0 Å². The monoisotopic (exact) mass is 452 g/mol. The molecule has 178 valence electrons. The van der Waals surface area contributed by atoms with Crippen LogP contribution in [0.2, 0.25) is 0 Å². The van der Waals surface area contributed by atoms with Crippen LogP contribution in [0, 0.1) is 17.3 Å². The number of alkyl halides is 4. The molecule has 1 saturated heterocycles. The summed E-state index contributed by atoms with van der Waals surface area (Å²) in [6.07, 6.45) is -4.22. The highest BCUT2D eigenvalue weighted by molar-refractivity contribution is 5.66. The number of allylic oxidation sites excluding steroid dienone is 1. The number of carboxylic acid groups (broad SMARTS) is 1. The van der Waals surface area contributed by atoms with Gasteiger partial charge in [0.15, 0.2) is 0 Å². The molecule has 1 saturated carbocycles. The quantitative estimate of drug-likeness (QED) is 0.342. The average Bonchev–Trinajstić information content (AvgIpc) is 3.14. The standard InChI is InChI=1S/C22H32F4O5/c1-3-4-11-21(2,22(24,25)26)17(28)10-9-13-14(27)12-16-19(13)20(23)15(31-16)7-5-6-8-18(29)30/h5,7,9-10,13-17,19-20,27-28H,3-4,6,8,11-12H2,1-2H3,(H,29,30)/b7-5+,10-9+/t13-,14+,15?,16-,17+,19+,20?,21?/m0/s1. The number of hydrogen-bond acceptors (Lipinski definition) is 4. The molecule has 0 aromatic carbocycles. The molecule has 0 radical (unpaired) electrons. The molecule has 0 aromatic rings. The van der Waals surface area contributed by atoms with Crippen LogP contribution in [-0.2, 0) is 9.53 Å². The molecule has 0 amide bonds. The van der Waals surface area contributed by atoms with Crippen molar-refractivity contribution in [3.63, 3.8) is 0 Å². The molecule has 2 aliphatic rings. The fourth-order valence-corrected chi connectivity index (χ4v) is 4.41. The number of carbonyl (C=O) groups is 1. The van der Waals surface area contributed by atoms with E-state index < -0.39 is 60.0 Å². The predicted molar refractivity (Wildman–Crippen MR) is 106 cm³/mol. The molecule has 0 bridgehead atoms. The van der Waals surface area contributed by atoms with Crippen LogP contribution in [0.4, 0.5) is 17.6 Å². The first kappa shape index (κ1) is 25.8. The molecule has 31 heavy (non-hydrogen) atoms. The number of carboxylic acids is 1. The van der Waals surface area contributed by atoms with E-state index >= 15 is 0 Å². The third kappa shape index (κ3) is 5.87. The highest BCUT2D eigenvalue weighted by Gasteiger charge is 2.56. The number of rotatable bonds is 10. The summed E-state index contributed by atoms with van der Waals surface area (Å²) in [6, 6.07) is 0. The number of aliphatic hydroxyl groups excluding tert-OH is 2. The minimum Gasteiger partial charge on any atom is -0.481 e. The van der Waals surface area contributed by atoms with Gasteiger partial charge in [0, 0.05) is 24.7 Å². The normalized spacial score (nSPS) is 34.3. The van der Waals surface area contributed by atoms with Gasteiger partial charge in [0.2, 0.25) is 0 Å². The van der Waals surface area contributed by atoms with E-state index in [0.29, 0.717) is 12.8 Å². The number of hydrogen-bond donors (Lipinski definition) is 3. The van der Waals surface area contributed by atoms with Gasteiger partial charge in [0.25, 0.3) is 0 Å². The number of aliphatic hydroxyl groups is 2. The van der Waals surface area contributed by atoms with Gasteiger partial charge in [-0.2, -0.15) is 13.2 Å². The largest absolute Gasteiger partial charge is 0.481 e. The Balaban J connectivity index is 2.10. The van der Waals surface area contributed by atoms with Crippen molar-refractivity contribution in [1.82, 2.24) is 0 Å². The average molecular weight is 452 g/mol. The van der Waals surface area contributed by atoms with Gasteiger partial charge in [-0.1, -0.05) is 44.1 Å². The lowest BCUT2D eigenvalue weighted by Crippen LogP contribution is -2.44. The molecular weight excluding hydrogens is 420 g/mol. The van der Waals surface area contributed by atoms with Crippen LogP contribution in [-0.4, -0.2) is 58.1 Å². The van der Waals surface area contributed by atoms with Crippen LogP contribution in [0.25, 0.3) is 0 Å². The Kier molecular flexibility index (Phi) is 8.69. The van der Waals surface area contributed by atoms with Gasteiger partial charge in [-0.05, 0) is 19.8 Å². The van der Waals surface area contributed by atoms with Crippen molar-refractivity contribution in [3.8, 4) is 0 Å². The number of fused-ring (bicyclic) bond motifs is 1. The zero-order chi connectivity index (χ0) is 23.4. The second kappa shape index (κ2) is 10.4. The zero-order valence-corrected chi connectivity index (χ0v) is 17.8. The van der Waals surface area contributed by atoms with Crippen molar-refractivity contribution in [2.75, 3.05) is 0 Å². The van der Waals surface area contributed by atoms with E-state index in [0.717, 1.165) is 13.0 Å². The molecule has 1 aliphatic carbocycles. The van der Waals surface area contributed by atoms with Crippen LogP contribution >= 0.6 is 0 Å². The van der Waals surface area contributed by atoms with Crippen LogP contribution < -0.4 is 0 Å². The van der Waals surface area contributed by atoms with Crippen molar-refractivity contribution in [2.24, 2.45) is 17.3 Å². The lowest BCUT2D eigenvalue weighted by atomic mass is 9.77. The van der Waals surface area contributed by atoms with Gasteiger partial charge in [0.1, 0.15) is 12.3 Å². The minimum atomic E-state index is -4.62. The second-order valence-corrected chi connectivity index (χ2v) is 8.75. The van der Waals surface area contributed by atoms with Gasteiger partial charge in [-0.25, -0.2) is 4.39 Å². The van der Waals surface area contributed by atoms with E-state index in [4.69, 9.17) is 9.84 Å². The molecule has 1 aliphatic heterocycles. The van der Waals surface area contributed by atoms with Crippen LogP contribution in [0.1, 0.15) is 52.4 Å². The van der Waals surface area contributed by atoms with Gasteiger partial charge < -0.3 is 20.1 Å². The number of ether oxygens (including phenoxy) is 1. The lowest BCUT2D eigenvalue weighted by molar-refractivity contribution is -0.244. The Morgan fingerprint density at radius 3 is 2.55 bits per heavy atom. The van der Waals surface area contributed by atoms with Crippen molar-refractivity contribution in [2.45, 2.75) is 89.1 Å². The van der Waals surface area contributed by atoms with E-state index in [1.807, 2.05) is 0 Å². The summed E-state index contributed by atoms with van der Waals surface area (Å²) in [5.41, 5.74) is -2.33.